The molecule has 0 unspecified atom stereocenters. The van der Waals surface area contributed by atoms with Gasteiger partial charge in [0.2, 0.25) is 0 Å². The summed E-state index contributed by atoms with van der Waals surface area (Å²) in [7, 11) is 1.48. The Morgan fingerprint density at radius 3 is 2.92 bits per heavy atom. The van der Waals surface area contributed by atoms with Gasteiger partial charge in [-0.1, -0.05) is 5.16 Å². The van der Waals surface area contributed by atoms with Crippen molar-refractivity contribution in [1.82, 2.24) is 10.1 Å². The minimum Gasteiger partial charge on any atom is -0.376 e. The fourth-order valence-corrected chi connectivity index (χ4v) is 0.727. The van der Waals surface area contributed by atoms with Crippen LogP contribution in [-0.2, 0) is 0 Å². The summed E-state index contributed by atoms with van der Waals surface area (Å²) >= 11 is 0. The van der Waals surface area contributed by atoms with Crippen LogP contribution in [0.15, 0.2) is 10.6 Å². The summed E-state index contributed by atoms with van der Waals surface area (Å²) < 4.78 is 4.70. The Bertz CT molecular complexity index is 282. The highest BCUT2D eigenvalue weighted by atomic mass is 16.5. The first-order valence-electron chi connectivity index (χ1n) is 3.45. The zero-order chi connectivity index (χ0) is 9.14. The standard InChI is InChI=1S/C7H10N2O3/c1-5-3-6(8-12-5)7(11)9(2)4-10/h3,10H,4H2,1-2H3. The summed E-state index contributed by atoms with van der Waals surface area (Å²) in [5.74, 6) is 0.221. The zero-order valence-electron chi connectivity index (χ0n) is 6.94. The van der Waals surface area contributed by atoms with E-state index in [1.807, 2.05) is 0 Å². The summed E-state index contributed by atoms with van der Waals surface area (Å²) in [6.45, 7) is 1.37. The van der Waals surface area contributed by atoms with Crippen molar-refractivity contribution in [2.24, 2.45) is 0 Å². The maximum atomic E-state index is 11.2. The molecule has 0 fully saturated rings. The lowest BCUT2D eigenvalue weighted by Gasteiger charge is -2.09. The van der Waals surface area contributed by atoms with E-state index >= 15 is 0 Å². The Morgan fingerprint density at radius 2 is 2.50 bits per heavy atom. The molecular formula is C7H10N2O3. The molecule has 0 saturated heterocycles. The minimum absolute atomic E-state index is 0.212. The lowest BCUT2D eigenvalue weighted by molar-refractivity contribution is 0.0619. The molecule has 66 valence electrons. The normalized spacial score (nSPS) is 9.92. The second-order valence-electron chi connectivity index (χ2n) is 2.47. The molecule has 5 nitrogen and oxygen atoms in total. The van der Waals surface area contributed by atoms with Gasteiger partial charge in [0.25, 0.3) is 5.91 Å². The van der Waals surface area contributed by atoms with E-state index in [0.717, 1.165) is 4.90 Å². The quantitative estimate of drug-likeness (QED) is 0.634. The van der Waals surface area contributed by atoms with E-state index in [1.54, 1.807) is 6.92 Å². The van der Waals surface area contributed by atoms with Gasteiger partial charge >= 0.3 is 0 Å². The van der Waals surface area contributed by atoms with Crippen LogP contribution in [0, 0.1) is 6.92 Å². The Morgan fingerprint density at radius 1 is 1.83 bits per heavy atom. The van der Waals surface area contributed by atoms with Gasteiger partial charge in [-0.05, 0) is 6.92 Å². The van der Waals surface area contributed by atoms with Gasteiger partial charge in [0, 0.05) is 13.1 Å². The summed E-state index contributed by atoms with van der Waals surface area (Å²) in [6, 6.07) is 1.52. The molecule has 0 aromatic carbocycles. The smallest absolute Gasteiger partial charge is 0.277 e. The fourth-order valence-electron chi connectivity index (χ4n) is 0.727. The van der Waals surface area contributed by atoms with E-state index in [-0.39, 0.29) is 18.3 Å². The van der Waals surface area contributed by atoms with Crippen LogP contribution in [0.4, 0.5) is 0 Å². The molecule has 1 amide bonds. The van der Waals surface area contributed by atoms with Crippen LogP contribution in [0.1, 0.15) is 16.2 Å². The predicted molar refractivity (Wildman–Crippen MR) is 40.4 cm³/mol. The Labute approximate surface area is 69.6 Å². The molecule has 1 aromatic heterocycles. The van der Waals surface area contributed by atoms with Gasteiger partial charge in [-0.25, -0.2) is 0 Å². The van der Waals surface area contributed by atoms with Crippen LogP contribution in [-0.4, -0.2) is 34.8 Å². The number of carbonyl (C=O) groups is 1. The molecule has 0 aliphatic carbocycles. The summed E-state index contributed by atoms with van der Waals surface area (Å²) in [4.78, 5) is 12.4. The van der Waals surface area contributed by atoms with Gasteiger partial charge < -0.3 is 14.5 Å². The molecule has 0 bridgehead atoms. The van der Waals surface area contributed by atoms with E-state index in [4.69, 9.17) is 9.63 Å². The largest absolute Gasteiger partial charge is 0.376 e. The number of aliphatic hydroxyl groups excluding tert-OH is 1. The maximum absolute atomic E-state index is 11.2. The molecule has 12 heavy (non-hydrogen) atoms. The van der Waals surface area contributed by atoms with E-state index in [9.17, 15) is 4.79 Å². The van der Waals surface area contributed by atoms with Crippen LogP contribution in [0.25, 0.3) is 0 Å². The topological polar surface area (TPSA) is 66.6 Å². The van der Waals surface area contributed by atoms with Crippen molar-refractivity contribution in [2.75, 3.05) is 13.8 Å². The molecule has 0 spiro atoms. The molecule has 1 rings (SSSR count). The van der Waals surface area contributed by atoms with Crippen molar-refractivity contribution in [3.63, 3.8) is 0 Å². The second kappa shape index (κ2) is 3.36. The number of hydrogen-bond acceptors (Lipinski definition) is 4. The number of carbonyl (C=O) groups excluding carboxylic acids is 1. The van der Waals surface area contributed by atoms with E-state index < -0.39 is 0 Å². The first-order chi connectivity index (χ1) is 5.65. The third-order valence-corrected chi connectivity index (χ3v) is 1.41. The number of aromatic nitrogens is 1. The monoisotopic (exact) mass is 170 g/mol. The Balaban J connectivity index is 2.78. The number of aliphatic hydroxyl groups is 1. The number of hydrogen-bond donors (Lipinski definition) is 1. The third kappa shape index (κ3) is 1.62. The second-order valence-corrected chi connectivity index (χ2v) is 2.47. The summed E-state index contributed by atoms with van der Waals surface area (Å²) in [6.07, 6.45) is 0. The molecular weight excluding hydrogens is 160 g/mol. The first-order valence-corrected chi connectivity index (χ1v) is 3.45. The van der Waals surface area contributed by atoms with Crippen molar-refractivity contribution in [1.29, 1.82) is 0 Å². The van der Waals surface area contributed by atoms with Crippen LogP contribution < -0.4 is 0 Å². The molecule has 0 saturated carbocycles. The molecule has 5 heteroatoms. The van der Waals surface area contributed by atoms with E-state index in [0.29, 0.717) is 5.76 Å². The van der Waals surface area contributed by atoms with Gasteiger partial charge in [0.15, 0.2) is 5.69 Å². The highest BCUT2D eigenvalue weighted by Crippen LogP contribution is 2.03. The first kappa shape index (κ1) is 8.73. The molecule has 0 atom stereocenters. The van der Waals surface area contributed by atoms with Crippen molar-refractivity contribution in [3.05, 3.63) is 17.5 Å². The molecule has 1 heterocycles. The molecule has 0 aliphatic heterocycles. The maximum Gasteiger partial charge on any atom is 0.277 e. The van der Waals surface area contributed by atoms with E-state index in [2.05, 4.69) is 5.16 Å². The van der Waals surface area contributed by atoms with Crippen LogP contribution in [0.3, 0.4) is 0 Å². The summed E-state index contributed by atoms with van der Waals surface area (Å²) in [5, 5.41) is 12.1. The highest BCUT2D eigenvalue weighted by Gasteiger charge is 2.14. The minimum atomic E-state index is -0.352. The van der Waals surface area contributed by atoms with Gasteiger partial charge in [0.1, 0.15) is 12.5 Å². The van der Waals surface area contributed by atoms with Crippen molar-refractivity contribution >= 4 is 5.91 Å². The molecule has 0 radical (unpaired) electrons. The van der Waals surface area contributed by atoms with Gasteiger partial charge in [-0.2, -0.15) is 0 Å². The Hall–Kier alpha value is -1.36. The third-order valence-electron chi connectivity index (χ3n) is 1.41. The van der Waals surface area contributed by atoms with Crippen LogP contribution in [0.2, 0.25) is 0 Å². The van der Waals surface area contributed by atoms with Crippen molar-refractivity contribution < 1.29 is 14.4 Å². The number of rotatable bonds is 2. The van der Waals surface area contributed by atoms with Crippen molar-refractivity contribution in [2.45, 2.75) is 6.92 Å². The van der Waals surface area contributed by atoms with Gasteiger partial charge in [0.05, 0.1) is 0 Å². The lowest BCUT2D eigenvalue weighted by Crippen LogP contribution is -2.27. The fraction of sp³-hybridized carbons (Fsp3) is 0.429. The lowest BCUT2D eigenvalue weighted by atomic mass is 10.3. The predicted octanol–water partition coefficient (Wildman–Crippen LogP) is 0.00482. The van der Waals surface area contributed by atoms with Crippen LogP contribution in [0.5, 0.6) is 0 Å². The molecule has 1 aromatic rings. The number of aryl methyl sites for hydroxylation is 1. The average molecular weight is 170 g/mol. The van der Waals surface area contributed by atoms with Crippen molar-refractivity contribution in [3.8, 4) is 0 Å². The van der Waals surface area contributed by atoms with Gasteiger partial charge in [-0.15, -0.1) is 0 Å². The van der Waals surface area contributed by atoms with E-state index in [1.165, 1.54) is 13.1 Å². The number of amides is 1. The Kier molecular flexibility index (Phi) is 2.44. The summed E-state index contributed by atoms with van der Waals surface area (Å²) in [5.41, 5.74) is 0.212. The molecule has 0 aliphatic rings. The van der Waals surface area contributed by atoms with Gasteiger partial charge in [-0.3, -0.25) is 4.79 Å². The average Bonchev–Trinajstić information content (AvgIpc) is 2.49. The number of nitrogens with zero attached hydrogens (tertiary/aromatic N) is 2. The zero-order valence-corrected chi connectivity index (χ0v) is 6.94. The van der Waals surface area contributed by atoms with Crippen LogP contribution >= 0.6 is 0 Å². The highest BCUT2D eigenvalue weighted by molar-refractivity contribution is 5.91. The SMILES string of the molecule is Cc1cc(C(=O)N(C)CO)no1. The molecule has 1 N–H and O–H groups in total.